The lowest BCUT2D eigenvalue weighted by Gasteiger charge is -2.27. The van der Waals surface area contributed by atoms with Crippen LogP contribution in [0.5, 0.6) is 0 Å². The number of rotatable bonds is 3. The summed E-state index contributed by atoms with van der Waals surface area (Å²) in [5.74, 6) is 0.633. The van der Waals surface area contributed by atoms with Gasteiger partial charge in [-0.3, -0.25) is 14.3 Å². The molecule has 1 unspecified atom stereocenters. The number of hydrogen-bond donors (Lipinski definition) is 1. The second-order valence-corrected chi connectivity index (χ2v) is 6.61. The maximum absolute atomic E-state index is 12.2. The van der Waals surface area contributed by atoms with E-state index in [0.717, 1.165) is 0 Å². The van der Waals surface area contributed by atoms with Crippen LogP contribution >= 0.6 is 0 Å². The van der Waals surface area contributed by atoms with E-state index in [1.54, 1.807) is 18.7 Å². The van der Waals surface area contributed by atoms with Crippen LogP contribution < -0.4 is 16.1 Å². The topological polar surface area (TPSA) is 75.9 Å². The van der Waals surface area contributed by atoms with Crippen LogP contribution in [0, 0.1) is 13.8 Å². The number of aromatic amines is 1. The predicted octanol–water partition coefficient (Wildman–Crippen LogP) is 1.77. The molecular formula is C18H23N5O2. The first kappa shape index (κ1) is 17.0. The van der Waals surface area contributed by atoms with Crippen molar-refractivity contribution in [2.24, 2.45) is 14.1 Å². The van der Waals surface area contributed by atoms with Gasteiger partial charge in [-0.1, -0.05) is 23.8 Å². The summed E-state index contributed by atoms with van der Waals surface area (Å²) >= 11 is 0. The maximum Gasteiger partial charge on any atom is 0.329 e. The Morgan fingerprint density at radius 2 is 1.84 bits per heavy atom. The summed E-state index contributed by atoms with van der Waals surface area (Å²) < 4.78 is 3.09. The predicted molar refractivity (Wildman–Crippen MR) is 99.3 cm³/mol. The Kier molecular flexibility index (Phi) is 4.02. The minimum atomic E-state index is -0.466. The van der Waals surface area contributed by atoms with E-state index in [9.17, 15) is 9.59 Å². The van der Waals surface area contributed by atoms with Gasteiger partial charge in [-0.2, -0.15) is 4.98 Å². The van der Waals surface area contributed by atoms with Gasteiger partial charge in [0.2, 0.25) is 5.95 Å². The molecule has 132 valence electrons. The van der Waals surface area contributed by atoms with E-state index in [0.29, 0.717) is 17.1 Å². The van der Waals surface area contributed by atoms with Crippen molar-refractivity contribution >= 4 is 17.1 Å². The van der Waals surface area contributed by atoms with E-state index in [1.807, 2.05) is 11.9 Å². The van der Waals surface area contributed by atoms with Crippen LogP contribution in [0.25, 0.3) is 11.2 Å². The van der Waals surface area contributed by atoms with Gasteiger partial charge in [-0.05, 0) is 31.9 Å². The summed E-state index contributed by atoms with van der Waals surface area (Å²) in [6.45, 7) is 6.26. The van der Waals surface area contributed by atoms with Crippen molar-refractivity contribution in [3.8, 4) is 0 Å². The Hall–Kier alpha value is -2.83. The molecule has 7 nitrogen and oxygen atoms in total. The fourth-order valence-electron chi connectivity index (χ4n) is 3.29. The average Bonchev–Trinajstić information content (AvgIpc) is 2.89. The van der Waals surface area contributed by atoms with Gasteiger partial charge in [0.25, 0.3) is 5.56 Å². The summed E-state index contributed by atoms with van der Waals surface area (Å²) in [7, 11) is 5.33. The molecule has 0 aliphatic rings. The van der Waals surface area contributed by atoms with Gasteiger partial charge in [-0.25, -0.2) is 4.79 Å². The highest BCUT2D eigenvalue weighted by atomic mass is 16.2. The minimum Gasteiger partial charge on any atom is -0.338 e. The Bertz CT molecular complexity index is 1070. The van der Waals surface area contributed by atoms with Gasteiger partial charge in [-0.15, -0.1) is 0 Å². The van der Waals surface area contributed by atoms with Crippen molar-refractivity contribution in [2.75, 3.05) is 11.9 Å². The van der Waals surface area contributed by atoms with Gasteiger partial charge < -0.3 is 9.47 Å². The zero-order valence-corrected chi connectivity index (χ0v) is 15.4. The molecule has 0 aliphatic carbocycles. The number of nitrogens with zero attached hydrogens (tertiary/aromatic N) is 4. The standard InChI is InChI=1S/C18H23N5O2/c1-10-7-8-13(11(2)9-10)12(3)21(4)17-19-15-14(22(17)5)16(24)20-18(25)23(15)6/h7-9,12H,1-6H3,(H,20,24,25). The van der Waals surface area contributed by atoms with Gasteiger partial charge >= 0.3 is 5.69 Å². The Labute approximate surface area is 145 Å². The van der Waals surface area contributed by atoms with E-state index >= 15 is 0 Å². The zero-order chi connectivity index (χ0) is 18.5. The van der Waals surface area contributed by atoms with Gasteiger partial charge in [0, 0.05) is 21.1 Å². The second-order valence-electron chi connectivity index (χ2n) is 6.61. The average molecular weight is 341 g/mol. The van der Waals surface area contributed by atoms with Gasteiger partial charge in [0.15, 0.2) is 11.2 Å². The molecular weight excluding hydrogens is 318 g/mol. The summed E-state index contributed by atoms with van der Waals surface area (Å²) in [5.41, 5.74) is 3.51. The van der Waals surface area contributed by atoms with Crippen molar-refractivity contribution in [1.82, 2.24) is 19.1 Å². The molecule has 3 aromatic rings. The lowest BCUT2D eigenvalue weighted by atomic mass is 10.00. The Balaban J connectivity index is 2.14. The SMILES string of the molecule is Cc1ccc(C(C)N(C)c2nc3c(c(=O)[nH]c(=O)n3C)n2C)c(C)c1. The molecule has 0 saturated carbocycles. The molecule has 0 bridgehead atoms. The van der Waals surface area contributed by atoms with Crippen molar-refractivity contribution in [1.29, 1.82) is 0 Å². The number of nitrogens with one attached hydrogen (secondary N) is 1. The zero-order valence-electron chi connectivity index (χ0n) is 15.4. The molecule has 0 spiro atoms. The second kappa shape index (κ2) is 5.91. The van der Waals surface area contributed by atoms with Crippen LogP contribution in [0.3, 0.4) is 0 Å². The van der Waals surface area contributed by atoms with E-state index in [1.165, 1.54) is 21.3 Å². The van der Waals surface area contributed by atoms with Crippen LogP contribution in [0.4, 0.5) is 5.95 Å². The molecule has 2 aromatic heterocycles. The molecule has 25 heavy (non-hydrogen) atoms. The minimum absolute atomic E-state index is 0.0622. The number of aryl methyl sites for hydroxylation is 4. The first-order valence-corrected chi connectivity index (χ1v) is 8.18. The summed E-state index contributed by atoms with van der Waals surface area (Å²) in [4.78, 5) is 32.9. The molecule has 0 amide bonds. The normalized spacial score (nSPS) is 12.6. The molecule has 7 heteroatoms. The van der Waals surface area contributed by atoms with Crippen LogP contribution in [0.2, 0.25) is 0 Å². The Morgan fingerprint density at radius 1 is 1.16 bits per heavy atom. The number of fused-ring (bicyclic) bond motifs is 1. The number of anilines is 1. The van der Waals surface area contributed by atoms with Crippen molar-refractivity contribution in [3.63, 3.8) is 0 Å². The molecule has 2 heterocycles. The molecule has 3 rings (SSSR count). The maximum atomic E-state index is 12.2. The number of aromatic nitrogens is 4. The Morgan fingerprint density at radius 3 is 2.48 bits per heavy atom. The van der Waals surface area contributed by atoms with Crippen LogP contribution in [-0.4, -0.2) is 26.1 Å². The van der Waals surface area contributed by atoms with E-state index in [4.69, 9.17) is 0 Å². The largest absolute Gasteiger partial charge is 0.338 e. The summed E-state index contributed by atoms with van der Waals surface area (Å²) in [5, 5.41) is 0. The highest BCUT2D eigenvalue weighted by molar-refractivity contribution is 5.74. The third-order valence-corrected chi connectivity index (χ3v) is 4.88. The number of imidazole rings is 1. The lowest BCUT2D eigenvalue weighted by molar-refractivity contribution is 0.694. The lowest BCUT2D eigenvalue weighted by Crippen LogP contribution is -2.29. The van der Waals surface area contributed by atoms with Gasteiger partial charge in [0.05, 0.1) is 6.04 Å². The smallest absolute Gasteiger partial charge is 0.329 e. The van der Waals surface area contributed by atoms with Crippen LogP contribution in [0.1, 0.15) is 29.7 Å². The highest BCUT2D eigenvalue weighted by Gasteiger charge is 2.22. The van der Waals surface area contributed by atoms with E-state index in [-0.39, 0.29) is 6.04 Å². The van der Waals surface area contributed by atoms with Crippen molar-refractivity contribution in [2.45, 2.75) is 26.8 Å². The van der Waals surface area contributed by atoms with Crippen LogP contribution in [-0.2, 0) is 14.1 Å². The van der Waals surface area contributed by atoms with Crippen molar-refractivity contribution in [3.05, 3.63) is 55.7 Å². The monoisotopic (exact) mass is 341 g/mol. The third-order valence-electron chi connectivity index (χ3n) is 4.88. The highest BCUT2D eigenvalue weighted by Crippen LogP contribution is 2.28. The number of benzene rings is 1. The number of H-pyrrole nitrogens is 1. The van der Waals surface area contributed by atoms with Crippen LogP contribution in [0.15, 0.2) is 27.8 Å². The molecule has 1 N–H and O–H groups in total. The van der Waals surface area contributed by atoms with E-state index < -0.39 is 11.2 Å². The molecule has 0 radical (unpaired) electrons. The molecule has 0 aliphatic heterocycles. The molecule has 1 atom stereocenters. The summed E-state index contributed by atoms with van der Waals surface area (Å²) in [6, 6.07) is 6.43. The van der Waals surface area contributed by atoms with Crippen molar-refractivity contribution < 1.29 is 0 Å². The summed E-state index contributed by atoms with van der Waals surface area (Å²) in [6.07, 6.45) is 0. The fourth-order valence-corrected chi connectivity index (χ4v) is 3.29. The van der Waals surface area contributed by atoms with E-state index in [2.05, 4.69) is 48.9 Å². The quantitative estimate of drug-likeness (QED) is 0.788. The first-order chi connectivity index (χ1) is 11.7. The number of hydrogen-bond acceptors (Lipinski definition) is 4. The molecule has 1 aromatic carbocycles. The van der Waals surface area contributed by atoms with Gasteiger partial charge in [0.1, 0.15) is 0 Å². The third kappa shape index (κ3) is 2.65. The fraction of sp³-hybridized carbons (Fsp3) is 0.389. The first-order valence-electron chi connectivity index (χ1n) is 8.18. The molecule has 0 saturated heterocycles. The molecule has 0 fully saturated rings.